The van der Waals surface area contributed by atoms with Gasteiger partial charge in [0.05, 0.1) is 35.6 Å². The van der Waals surface area contributed by atoms with Crippen LogP contribution in [0, 0.1) is 17.8 Å². The van der Waals surface area contributed by atoms with Crippen LogP contribution in [0.15, 0.2) is 41.4 Å². The van der Waals surface area contributed by atoms with Gasteiger partial charge in [-0.05, 0) is 72.7 Å². The predicted octanol–water partition coefficient (Wildman–Crippen LogP) is 4.99. The fraction of sp³-hybridized carbons (Fsp3) is 0.486. The molecule has 1 aliphatic carbocycles. The minimum absolute atomic E-state index is 0.000472. The highest BCUT2D eigenvalue weighted by molar-refractivity contribution is 9.10. The fourth-order valence-electron chi connectivity index (χ4n) is 7.70. The standard InChI is InChI=1S/C37H41BrN8O4/c1-21(47)34-25-12-26(24-16-39-22(2)40-17-24)41-18-29(25)45(44-34)19-33(49)46-28-14-37(15-31(37)46)20-42-35(50)36(3,4)11-7-5-6-8-23-9-10-32(38)43-27(23)13-30(28)48/h9-10,12,16-18,28,31H,5-8,11,13-15,19-20H2,1-4H3,(H,42,50)/t28-,31+,37-/m0/s1. The van der Waals surface area contributed by atoms with Crippen molar-refractivity contribution < 1.29 is 19.2 Å². The van der Waals surface area contributed by atoms with Crippen LogP contribution in [0.3, 0.4) is 0 Å². The Morgan fingerprint density at radius 3 is 2.58 bits per heavy atom. The molecule has 4 aromatic heterocycles. The second kappa shape index (κ2) is 13.1. The monoisotopic (exact) mass is 740 g/mol. The normalized spacial score (nSPS) is 23.7. The fourth-order valence-corrected chi connectivity index (χ4v) is 8.04. The smallest absolute Gasteiger partial charge is 0.245 e. The number of fused-ring (bicyclic) bond motifs is 3. The van der Waals surface area contributed by atoms with Gasteiger partial charge >= 0.3 is 0 Å². The van der Waals surface area contributed by atoms with E-state index >= 15 is 0 Å². The van der Waals surface area contributed by atoms with Gasteiger partial charge in [0.25, 0.3) is 0 Å². The molecule has 0 unspecified atom stereocenters. The van der Waals surface area contributed by atoms with E-state index in [1.54, 1.807) is 36.5 Å². The van der Waals surface area contributed by atoms with Crippen LogP contribution in [-0.2, 0) is 33.8 Å². The molecule has 3 aliphatic rings. The van der Waals surface area contributed by atoms with E-state index < -0.39 is 11.5 Å². The second-order valence-corrected chi connectivity index (χ2v) is 15.6. The molecular formula is C37H41BrN8O4. The summed E-state index contributed by atoms with van der Waals surface area (Å²) in [6.07, 6.45) is 10.6. The highest BCUT2D eigenvalue weighted by atomic mass is 79.9. The van der Waals surface area contributed by atoms with Crippen LogP contribution in [0.5, 0.6) is 0 Å². The molecule has 6 heterocycles. The summed E-state index contributed by atoms with van der Waals surface area (Å²) in [5.74, 6) is 0.0506. The number of piperidine rings is 1. The molecule has 2 fully saturated rings. The van der Waals surface area contributed by atoms with Crippen molar-refractivity contribution in [3.8, 4) is 11.3 Å². The third kappa shape index (κ3) is 6.47. The molecule has 0 radical (unpaired) electrons. The van der Waals surface area contributed by atoms with Gasteiger partial charge in [-0.2, -0.15) is 5.10 Å². The summed E-state index contributed by atoms with van der Waals surface area (Å²) in [5.41, 5.74) is 2.90. The third-order valence-electron chi connectivity index (χ3n) is 10.7. The topological polar surface area (TPSA) is 153 Å². The van der Waals surface area contributed by atoms with Crippen molar-refractivity contribution in [2.75, 3.05) is 6.54 Å². The molecule has 7 rings (SSSR count). The molecule has 2 aliphatic heterocycles. The number of ketones is 2. The Hall–Kier alpha value is -4.39. The Bertz CT molecular complexity index is 2030. The molecule has 1 N–H and O–H groups in total. The maximum atomic E-state index is 14.4. The zero-order valence-corrected chi connectivity index (χ0v) is 30.4. The SMILES string of the molecule is CC(=O)c1nn(CC(=O)N2[C@H]3C[C@@]4(CNC(=O)C(C)(C)CCCCCc5ccc(Br)nc5CC3=O)C[C@@H]24)c2cnc(-c3cnc(C)nc3)cc12. The van der Waals surface area contributed by atoms with E-state index in [2.05, 4.69) is 41.3 Å². The second-order valence-electron chi connectivity index (χ2n) is 14.8. The van der Waals surface area contributed by atoms with Gasteiger partial charge in [-0.15, -0.1) is 0 Å². The van der Waals surface area contributed by atoms with Crippen LogP contribution in [0.1, 0.15) is 86.9 Å². The van der Waals surface area contributed by atoms with Crippen molar-refractivity contribution in [1.82, 2.24) is 39.9 Å². The average molecular weight is 742 g/mol. The van der Waals surface area contributed by atoms with Gasteiger partial charge in [0.2, 0.25) is 11.8 Å². The molecule has 1 spiro atoms. The highest BCUT2D eigenvalue weighted by Crippen LogP contribution is 2.59. The van der Waals surface area contributed by atoms with Gasteiger partial charge in [0.1, 0.15) is 22.7 Å². The number of Topliss-reactive ketones (excluding diaryl/α,β-unsaturated/α-hetero) is 2. The van der Waals surface area contributed by atoms with Crippen LogP contribution in [0.2, 0.25) is 0 Å². The maximum Gasteiger partial charge on any atom is 0.245 e. The van der Waals surface area contributed by atoms with Gasteiger partial charge in [-0.25, -0.2) is 15.0 Å². The van der Waals surface area contributed by atoms with E-state index in [4.69, 9.17) is 4.98 Å². The predicted molar refractivity (Wildman–Crippen MR) is 189 cm³/mol. The Morgan fingerprint density at radius 2 is 1.82 bits per heavy atom. The summed E-state index contributed by atoms with van der Waals surface area (Å²) in [5, 5.41) is 8.34. The molecule has 50 heavy (non-hydrogen) atoms. The summed E-state index contributed by atoms with van der Waals surface area (Å²) in [6.45, 7) is 7.44. The summed E-state index contributed by atoms with van der Waals surface area (Å²) >= 11 is 3.49. The Morgan fingerprint density at radius 1 is 1.04 bits per heavy atom. The Kier molecular flexibility index (Phi) is 8.90. The number of aromatic nitrogens is 6. The Balaban J connectivity index is 1.21. The van der Waals surface area contributed by atoms with Gasteiger partial charge in [-0.1, -0.05) is 32.8 Å². The molecule has 2 bridgehead atoms. The van der Waals surface area contributed by atoms with Crippen LogP contribution < -0.4 is 5.32 Å². The van der Waals surface area contributed by atoms with Gasteiger partial charge in [-0.3, -0.25) is 28.8 Å². The molecule has 0 aromatic carbocycles. The molecule has 1 saturated heterocycles. The lowest BCUT2D eigenvalue weighted by molar-refractivity contribution is -0.139. The maximum absolute atomic E-state index is 14.4. The lowest BCUT2D eigenvalue weighted by atomic mass is 9.85. The van der Waals surface area contributed by atoms with Crippen molar-refractivity contribution in [3.63, 3.8) is 0 Å². The summed E-state index contributed by atoms with van der Waals surface area (Å²) < 4.78 is 2.18. The van der Waals surface area contributed by atoms with E-state index in [0.717, 1.165) is 43.4 Å². The number of hydrogen-bond donors (Lipinski definition) is 1. The highest BCUT2D eigenvalue weighted by Gasteiger charge is 2.67. The number of hydrogen-bond acceptors (Lipinski definition) is 9. The number of rotatable bonds is 4. The van der Waals surface area contributed by atoms with E-state index in [1.165, 1.54) is 11.6 Å². The van der Waals surface area contributed by atoms with E-state index in [-0.39, 0.29) is 53.5 Å². The minimum Gasteiger partial charge on any atom is -0.355 e. The molecule has 2 amide bonds. The van der Waals surface area contributed by atoms with E-state index in [0.29, 0.717) is 52.0 Å². The minimum atomic E-state index is -0.673. The van der Waals surface area contributed by atoms with Crippen LogP contribution in [-0.4, -0.2) is 76.6 Å². The van der Waals surface area contributed by atoms with Crippen molar-refractivity contribution in [2.24, 2.45) is 10.8 Å². The molecule has 1 saturated carbocycles. The number of halogens is 1. The summed E-state index contributed by atoms with van der Waals surface area (Å²) in [6, 6.07) is 4.83. The molecule has 12 nitrogen and oxygen atoms in total. The lowest BCUT2D eigenvalue weighted by Crippen LogP contribution is -2.45. The number of likely N-dealkylation sites (tertiary alicyclic amines) is 1. The summed E-state index contributed by atoms with van der Waals surface area (Å²) in [7, 11) is 0. The number of pyridine rings is 2. The molecule has 3 atom stereocenters. The number of amides is 2. The first-order chi connectivity index (χ1) is 23.8. The summed E-state index contributed by atoms with van der Waals surface area (Å²) in [4.78, 5) is 74.2. The van der Waals surface area contributed by atoms with Crippen LogP contribution in [0.4, 0.5) is 0 Å². The third-order valence-corrected chi connectivity index (χ3v) is 11.2. The zero-order valence-electron chi connectivity index (χ0n) is 28.8. The van der Waals surface area contributed by atoms with Crippen LogP contribution >= 0.6 is 15.9 Å². The largest absolute Gasteiger partial charge is 0.355 e. The van der Waals surface area contributed by atoms with E-state index in [1.807, 2.05) is 26.0 Å². The van der Waals surface area contributed by atoms with Crippen molar-refractivity contribution in [3.05, 3.63) is 64.2 Å². The first-order valence-corrected chi connectivity index (χ1v) is 18.1. The molecular weight excluding hydrogens is 700 g/mol. The first-order valence-electron chi connectivity index (χ1n) is 17.3. The molecule has 13 heteroatoms. The van der Waals surface area contributed by atoms with Gasteiger partial charge in [0.15, 0.2) is 11.6 Å². The van der Waals surface area contributed by atoms with Crippen molar-refractivity contribution in [1.29, 1.82) is 0 Å². The first kappa shape index (κ1) is 34.1. The number of aryl methyl sites for hydroxylation is 2. The van der Waals surface area contributed by atoms with Gasteiger partial charge in [0, 0.05) is 53.7 Å². The molecule has 260 valence electrons. The zero-order chi connectivity index (χ0) is 35.4. The quantitative estimate of drug-likeness (QED) is 0.225. The molecule has 4 aromatic rings. The number of carbonyl (C=O) groups is 4. The Labute approximate surface area is 299 Å². The van der Waals surface area contributed by atoms with E-state index in [9.17, 15) is 19.2 Å². The van der Waals surface area contributed by atoms with Gasteiger partial charge < -0.3 is 10.2 Å². The van der Waals surface area contributed by atoms with Crippen LogP contribution in [0.25, 0.3) is 22.2 Å². The number of carbonyl (C=O) groups excluding carboxylic acids is 4. The van der Waals surface area contributed by atoms with Crippen molar-refractivity contribution in [2.45, 2.75) is 97.7 Å². The average Bonchev–Trinajstić information content (AvgIpc) is 3.50. The lowest BCUT2D eigenvalue weighted by Gasteiger charge is -2.27. The van der Waals surface area contributed by atoms with Crippen molar-refractivity contribution >= 4 is 50.2 Å². The number of nitrogens with zero attached hydrogens (tertiary/aromatic N) is 7. The number of nitrogens with one attached hydrogen (secondary N) is 1.